The van der Waals surface area contributed by atoms with E-state index in [4.69, 9.17) is 9.47 Å². The smallest absolute Gasteiger partial charge is 0.313 e. The van der Waals surface area contributed by atoms with Crippen molar-refractivity contribution in [3.05, 3.63) is 53.6 Å². The highest BCUT2D eigenvalue weighted by molar-refractivity contribution is 6.39. The summed E-state index contributed by atoms with van der Waals surface area (Å²) >= 11 is 0. The Bertz CT molecular complexity index is 884. The summed E-state index contributed by atoms with van der Waals surface area (Å²) in [4.78, 5) is 26.4. The van der Waals surface area contributed by atoms with Crippen LogP contribution in [-0.4, -0.2) is 37.5 Å². The van der Waals surface area contributed by atoms with E-state index in [1.165, 1.54) is 19.1 Å². The number of methoxy groups -OCH3 is 2. The van der Waals surface area contributed by atoms with Gasteiger partial charge in [-0.05, 0) is 42.7 Å². The van der Waals surface area contributed by atoms with Crippen molar-refractivity contribution >= 4 is 17.5 Å². The molecular formula is C20H20F2N2O4. The molecule has 0 spiro atoms. The summed E-state index contributed by atoms with van der Waals surface area (Å²) in [6.45, 7) is 0.406. The van der Waals surface area contributed by atoms with Crippen LogP contribution >= 0.6 is 0 Å². The zero-order valence-corrected chi connectivity index (χ0v) is 15.5. The molecule has 1 saturated heterocycles. The zero-order chi connectivity index (χ0) is 20.3. The van der Waals surface area contributed by atoms with Crippen LogP contribution in [0.15, 0.2) is 36.4 Å². The Kier molecular flexibility index (Phi) is 5.77. The summed E-state index contributed by atoms with van der Waals surface area (Å²) in [5.41, 5.74) is 0.700. The monoisotopic (exact) mass is 390 g/mol. The van der Waals surface area contributed by atoms with E-state index in [2.05, 4.69) is 5.32 Å². The topological polar surface area (TPSA) is 67.9 Å². The lowest BCUT2D eigenvalue weighted by atomic mass is 10.0. The van der Waals surface area contributed by atoms with Crippen LogP contribution < -0.4 is 14.8 Å². The SMILES string of the molecule is COc1ccc(C2CCCN2C(=O)C(=O)Nc2cc(F)cc(F)c2)cc1OC. The first-order valence-electron chi connectivity index (χ1n) is 8.73. The van der Waals surface area contributed by atoms with E-state index in [9.17, 15) is 18.4 Å². The van der Waals surface area contributed by atoms with Gasteiger partial charge in [-0.3, -0.25) is 9.59 Å². The minimum atomic E-state index is -0.947. The number of likely N-dealkylation sites (tertiary alicyclic amines) is 1. The van der Waals surface area contributed by atoms with E-state index >= 15 is 0 Å². The van der Waals surface area contributed by atoms with Gasteiger partial charge in [-0.1, -0.05) is 6.07 Å². The Balaban J connectivity index is 1.78. The number of rotatable bonds is 4. The van der Waals surface area contributed by atoms with Gasteiger partial charge in [0.15, 0.2) is 11.5 Å². The number of carbonyl (C=O) groups excluding carboxylic acids is 2. The van der Waals surface area contributed by atoms with Crippen molar-refractivity contribution < 1.29 is 27.8 Å². The average molecular weight is 390 g/mol. The van der Waals surface area contributed by atoms with E-state index in [1.807, 2.05) is 6.07 Å². The maximum atomic E-state index is 13.3. The van der Waals surface area contributed by atoms with Gasteiger partial charge in [0, 0.05) is 18.3 Å². The van der Waals surface area contributed by atoms with E-state index in [0.29, 0.717) is 30.5 Å². The first kappa shape index (κ1) is 19.6. The quantitative estimate of drug-likeness (QED) is 0.814. The van der Waals surface area contributed by atoms with Crippen LogP contribution in [-0.2, 0) is 9.59 Å². The van der Waals surface area contributed by atoms with Crippen LogP contribution in [0.4, 0.5) is 14.5 Å². The van der Waals surface area contributed by atoms with Gasteiger partial charge in [0.2, 0.25) is 0 Å². The number of amides is 2. The molecule has 1 unspecified atom stereocenters. The fourth-order valence-corrected chi connectivity index (χ4v) is 3.36. The Morgan fingerprint density at radius 3 is 2.36 bits per heavy atom. The summed E-state index contributed by atoms with van der Waals surface area (Å²) in [6, 6.07) is 7.61. The molecule has 6 nitrogen and oxygen atoms in total. The highest BCUT2D eigenvalue weighted by atomic mass is 19.1. The van der Waals surface area contributed by atoms with Gasteiger partial charge in [-0.15, -0.1) is 0 Å². The molecule has 1 aliphatic rings. The lowest BCUT2D eigenvalue weighted by molar-refractivity contribution is -0.143. The Hall–Kier alpha value is -3.16. The fraction of sp³-hybridized carbons (Fsp3) is 0.300. The molecule has 1 fully saturated rings. The van der Waals surface area contributed by atoms with E-state index in [-0.39, 0.29) is 11.7 Å². The molecule has 0 saturated carbocycles. The molecule has 3 rings (SSSR count). The zero-order valence-electron chi connectivity index (χ0n) is 15.5. The van der Waals surface area contributed by atoms with Crippen molar-refractivity contribution in [2.45, 2.75) is 18.9 Å². The average Bonchev–Trinajstić information content (AvgIpc) is 3.15. The van der Waals surface area contributed by atoms with Crippen LogP contribution in [0, 0.1) is 11.6 Å². The van der Waals surface area contributed by atoms with Crippen molar-refractivity contribution in [2.24, 2.45) is 0 Å². The predicted molar refractivity (Wildman–Crippen MR) is 98.2 cm³/mol. The molecular weight excluding hydrogens is 370 g/mol. The molecule has 0 radical (unpaired) electrons. The first-order chi connectivity index (χ1) is 13.4. The van der Waals surface area contributed by atoms with Crippen LogP contribution in [0.1, 0.15) is 24.4 Å². The number of hydrogen-bond donors (Lipinski definition) is 1. The third-order valence-electron chi connectivity index (χ3n) is 4.62. The van der Waals surface area contributed by atoms with Gasteiger partial charge >= 0.3 is 11.8 Å². The summed E-state index contributed by atoms with van der Waals surface area (Å²) in [7, 11) is 3.05. The Morgan fingerprint density at radius 1 is 1.04 bits per heavy atom. The normalized spacial score (nSPS) is 16.0. The van der Waals surface area contributed by atoms with Crippen LogP contribution in [0.25, 0.3) is 0 Å². The number of ether oxygens (including phenoxy) is 2. The van der Waals surface area contributed by atoms with Gasteiger partial charge in [-0.25, -0.2) is 8.78 Å². The van der Waals surface area contributed by atoms with Crippen molar-refractivity contribution in [1.29, 1.82) is 0 Å². The molecule has 148 valence electrons. The Morgan fingerprint density at radius 2 is 1.71 bits per heavy atom. The lowest BCUT2D eigenvalue weighted by Gasteiger charge is -2.25. The molecule has 1 aliphatic heterocycles. The number of anilines is 1. The van der Waals surface area contributed by atoms with Gasteiger partial charge in [0.05, 0.1) is 20.3 Å². The van der Waals surface area contributed by atoms with Crippen LogP contribution in [0.3, 0.4) is 0 Å². The molecule has 2 aromatic rings. The van der Waals surface area contributed by atoms with E-state index in [1.54, 1.807) is 12.1 Å². The number of benzene rings is 2. The molecule has 1 heterocycles. The largest absolute Gasteiger partial charge is 0.493 e. The molecule has 2 amide bonds. The second kappa shape index (κ2) is 8.24. The van der Waals surface area contributed by atoms with Crippen LogP contribution in [0.2, 0.25) is 0 Å². The second-order valence-corrected chi connectivity index (χ2v) is 6.38. The molecule has 2 aromatic carbocycles. The molecule has 0 aliphatic carbocycles. The van der Waals surface area contributed by atoms with Gasteiger partial charge in [-0.2, -0.15) is 0 Å². The third-order valence-corrected chi connectivity index (χ3v) is 4.62. The molecule has 0 bridgehead atoms. The van der Waals surface area contributed by atoms with Gasteiger partial charge in [0.1, 0.15) is 11.6 Å². The highest BCUT2D eigenvalue weighted by Crippen LogP contribution is 2.37. The summed E-state index contributed by atoms with van der Waals surface area (Å²) in [6.07, 6.45) is 1.41. The fourth-order valence-electron chi connectivity index (χ4n) is 3.36. The summed E-state index contributed by atoms with van der Waals surface area (Å²) < 4.78 is 37.1. The van der Waals surface area contributed by atoms with Gasteiger partial charge in [0.25, 0.3) is 0 Å². The minimum Gasteiger partial charge on any atom is -0.493 e. The molecule has 8 heteroatoms. The maximum Gasteiger partial charge on any atom is 0.313 e. The number of carbonyl (C=O) groups is 2. The van der Waals surface area contributed by atoms with Crippen molar-refractivity contribution in [3.8, 4) is 11.5 Å². The number of nitrogens with zero attached hydrogens (tertiary/aromatic N) is 1. The van der Waals surface area contributed by atoms with Crippen molar-refractivity contribution in [3.63, 3.8) is 0 Å². The predicted octanol–water partition coefficient (Wildman–Crippen LogP) is 3.28. The molecule has 1 atom stereocenters. The molecule has 1 N–H and O–H groups in total. The third kappa shape index (κ3) is 4.05. The standard InChI is InChI=1S/C20H20F2N2O4/c1-27-17-6-5-12(8-18(17)28-2)16-4-3-7-24(16)20(26)19(25)23-15-10-13(21)9-14(22)11-15/h5-6,8-11,16H,3-4,7H2,1-2H3,(H,23,25). The number of hydrogen-bond acceptors (Lipinski definition) is 4. The van der Waals surface area contributed by atoms with Gasteiger partial charge < -0.3 is 19.7 Å². The van der Waals surface area contributed by atoms with Crippen LogP contribution in [0.5, 0.6) is 11.5 Å². The van der Waals surface area contributed by atoms with Crippen molar-refractivity contribution in [2.75, 3.05) is 26.1 Å². The van der Waals surface area contributed by atoms with E-state index in [0.717, 1.165) is 24.1 Å². The molecule has 28 heavy (non-hydrogen) atoms. The summed E-state index contributed by atoms with van der Waals surface area (Å²) in [5.74, 6) is -2.30. The molecule has 0 aromatic heterocycles. The Labute approximate surface area is 161 Å². The van der Waals surface area contributed by atoms with E-state index < -0.39 is 23.4 Å². The lowest BCUT2D eigenvalue weighted by Crippen LogP contribution is -2.39. The second-order valence-electron chi connectivity index (χ2n) is 6.38. The number of halogens is 2. The van der Waals surface area contributed by atoms with Crippen molar-refractivity contribution in [1.82, 2.24) is 4.90 Å². The minimum absolute atomic E-state index is 0.113. The highest BCUT2D eigenvalue weighted by Gasteiger charge is 2.34. The maximum absolute atomic E-state index is 13.3. The first-order valence-corrected chi connectivity index (χ1v) is 8.73. The number of nitrogens with one attached hydrogen (secondary N) is 1. The summed E-state index contributed by atoms with van der Waals surface area (Å²) in [5, 5.41) is 2.26.